The van der Waals surface area contributed by atoms with E-state index in [1.54, 1.807) is 6.07 Å². The highest BCUT2D eigenvalue weighted by Crippen LogP contribution is 2.33. The van der Waals surface area contributed by atoms with Crippen molar-refractivity contribution in [3.8, 4) is 5.75 Å². The summed E-state index contributed by atoms with van der Waals surface area (Å²) in [6, 6.07) is 14.2. The van der Waals surface area contributed by atoms with Crippen molar-refractivity contribution in [2.75, 3.05) is 0 Å². The molecule has 0 atom stereocenters. The first kappa shape index (κ1) is 22.3. The summed E-state index contributed by atoms with van der Waals surface area (Å²) in [5, 5.41) is 15.1. The maximum atomic E-state index is 10.7. The molecule has 1 aromatic heterocycles. The van der Waals surface area contributed by atoms with Gasteiger partial charge in [0.15, 0.2) is 0 Å². The molecule has 0 saturated carbocycles. The van der Waals surface area contributed by atoms with E-state index in [4.69, 9.17) is 9.98 Å². The molecule has 3 aliphatic heterocycles. The van der Waals surface area contributed by atoms with Gasteiger partial charge in [-0.25, -0.2) is 9.98 Å². The van der Waals surface area contributed by atoms with Gasteiger partial charge in [0.05, 0.1) is 22.8 Å². The van der Waals surface area contributed by atoms with E-state index < -0.39 is 0 Å². The maximum Gasteiger partial charge on any atom is 0.122 e. The Morgan fingerprint density at radius 2 is 1.28 bits per heavy atom. The predicted molar refractivity (Wildman–Crippen MR) is 151 cm³/mol. The minimum absolute atomic E-state index is 0.245. The van der Waals surface area contributed by atoms with E-state index in [9.17, 15) is 5.11 Å². The average molecular weight is 472 g/mol. The lowest BCUT2D eigenvalue weighted by molar-refractivity contribution is 0.474. The highest BCUT2D eigenvalue weighted by atomic mass is 16.3. The first-order chi connectivity index (χ1) is 17.5. The Kier molecular flexibility index (Phi) is 5.26. The second-order valence-electron chi connectivity index (χ2n) is 9.57. The zero-order chi connectivity index (χ0) is 25.0. The standard InChI is InChI=1S/C32H29N3O/c1-5-22-18(3)26-14-20-11-12-32(36)21(13-20)15-27-19(4)23(6-2)29(34-27)17-31-25-10-8-7-9-24(25)30(35-31)16-28(22)33-26/h7-17,35-36H,5-6H2,1-4H3. The van der Waals surface area contributed by atoms with Crippen molar-refractivity contribution < 1.29 is 5.11 Å². The number of phenols is 1. The summed E-state index contributed by atoms with van der Waals surface area (Å²) in [7, 11) is 0. The van der Waals surface area contributed by atoms with E-state index in [1.807, 2.05) is 18.2 Å². The average Bonchev–Trinajstić information content (AvgIpc) is 3.47. The van der Waals surface area contributed by atoms with Crippen LogP contribution in [0.5, 0.6) is 5.75 Å². The highest BCUT2D eigenvalue weighted by Gasteiger charge is 2.21. The first-order valence-electron chi connectivity index (χ1n) is 12.6. The van der Waals surface area contributed by atoms with Crippen molar-refractivity contribution in [1.29, 1.82) is 0 Å². The number of H-pyrrole nitrogens is 1. The topological polar surface area (TPSA) is 60.7 Å². The molecule has 36 heavy (non-hydrogen) atoms. The molecular weight excluding hydrogens is 442 g/mol. The van der Waals surface area contributed by atoms with Crippen LogP contribution in [0.3, 0.4) is 0 Å². The van der Waals surface area contributed by atoms with Gasteiger partial charge < -0.3 is 10.1 Å². The largest absolute Gasteiger partial charge is 0.507 e. The zero-order valence-corrected chi connectivity index (χ0v) is 21.1. The van der Waals surface area contributed by atoms with Crippen LogP contribution in [0.1, 0.15) is 51.7 Å². The molecule has 0 saturated heterocycles. The van der Waals surface area contributed by atoms with Crippen molar-refractivity contribution in [3.05, 3.63) is 98.0 Å². The molecule has 0 unspecified atom stereocenters. The van der Waals surface area contributed by atoms with Gasteiger partial charge in [0.1, 0.15) is 5.75 Å². The summed E-state index contributed by atoms with van der Waals surface area (Å²) in [5.41, 5.74) is 10.4. The third-order valence-corrected chi connectivity index (χ3v) is 7.47. The molecular formula is C32H29N3O. The van der Waals surface area contributed by atoms with Crippen LogP contribution >= 0.6 is 0 Å². The molecule has 2 N–H and O–H groups in total. The van der Waals surface area contributed by atoms with Crippen LogP contribution in [0.15, 0.2) is 86.1 Å². The lowest BCUT2D eigenvalue weighted by Crippen LogP contribution is -2.14. The van der Waals surface area contributed by atoms with Gasteiger partial charge in [-0.15, -0.1) is 0 Å². The fourth-order valence-electron chi connectivity index (χ4n) is 5.49. The molecule has 4 heteroatoms. The summed E-state index contributed by atoms with van der Waals surface area (Å²) in [6.45, 7) is 8.61. The van der Waals surface area contributed by atoms with Gasteiger partial charge in [0, 0.05) is 27.0 Å². The van der Waals surface area contributed by atoms with Crippen LogP contribution in [0.25, 0.3) is 35.1 Å². The molecule has 2 aromatic carbocycles. The Bertz CT molecular complexity index is 1770. The number of phenolic OH excluding ortho intramolecular Hbond substituents is 1. The van der Waals surface area contributed by atoms with Gasteiger partial charge in [0.2, 0.25) is 0 Å². The second kappa shape index (κ2) is 8.49. The van der Waals surface area contributed by atoms with Crippen LogP contribution in [-0.4, -0.2) is 21.5 Å². The number of allylic oxidation sites excluding steroid dienone is 4. The van der Waals surface area contributed by atoms with Gasteiger partial charge in [-0.3, -0.25) is 0 Å². The van der Waals surface area contributed by atoms with Crippen LogP contribution < -0.4 is 10.7 Å². The van der Waals surface area contributed by atoms with E-state index in [2.05, 4.69) is 75.2 Å². The number of aliphatic imine (C=N–C) groups is 2. The molecule has 0 spiro atoms. The van der Waals surface area contributed by atoms with Crippen molar-refractivity contribution in [2.24, 2.45) is 9.98 Å². The van der Waals surface area contributed by atoms with Crippen molar-refractivity contribution >= 4 is 46.5 Å². The van der Waals surface area contributed by atoms with Crippen molar-refractivity contribution in [3.63, 3.8) is 0 Å². The molecule has 0 fully saturated rings. The minimum atomic E-state index is 0.245. The van der Waals surface area contributed by atoms with Gasteiger partial charge in [-0.1, -0.05) is 44.2 Å². The van der Waals surface area contributed by atoms with Gasteiger partial charge >= 0.3 is 0 Å². The molecule has 4 nitrogen and oxygen atoms in total. The Labute approximate surface area is 210 Å². The fourth-order valence-corrected chi connectivity index (χ4v) is 5.49. The number of benzene rings is 2. The second-order valence-corrected chi connectivity index (χ2v) is 9.57. The van der Waals surface area contributed by atoms with E-state index in [-0.39, 0.29) is 5.75 Å². The van der Waals surface area contributed by atoms with Crippen LogP contribution in [-0.2, 0) is 0 Å². The molecule has 6 rings (SSSR count). The van der Waals surface area contributed by atoms with E-state index in [0.29, 0.717) is 0 Å². The number of nitrogens with one attached hydrogen (secondary N) is 1. The molecule has 0 amide bonds. The van der Waals surface area contributed by atoms with Crippen LogP contribution in [0.4, 0.5) is 0 Å². The molecule has 8 bridgehead atoms. The van der Waals surface area contributed by atoms with Crippen molar-refractivity contribution in [2.45, 2.75) is 40.5 Å². The number of nitrogens with zero attached hydrogens (tertiary/aromatic N) is 2. The Morgan fingerprint density at radius 1 is 0.722 bits per heavy atom. The number of aromatic hydroxyl groups is 1. The summed E-state index contributed by atoms with van der Waals surface area (Å²) >= 11 is 0. The fraction of sp³-hybridized carbons (Fsp3) is 0.188. The summed E-state index contributed by atoms with van der Waals surface area (Å²) in [4.78, 5) is 13.8. The third kappa shape index (κ3) is 3.53. The normalized spacial score (nSPS) is 17.0. The van der Waals surface area contributed by atoms with Gasteiger partial charge in [-0.2, -0.15) is 0 Å². The van der Waals surface area contributed by atoms with E-state index in [0.717, 1.165) is 63.1 Å². The number of rotatable bonds is 2. The monoisotopic (exact) mass is 471 g/mol. The maximum absolute atomic E-state index is 10.7. The number of aromatic nitrogens is 1. The molecule has 178 valence electrons. The zero-order valence-electron chi connectivity index (χ0n) is 21.1. The summed E-state index contributed by atoms with van der Waals surface area (Å²) in [5.74, 6) is 0.245. The summed E-state index contributed by atoms with van der Waals surface area (Å²) in [6.07, 6.45) is 10.2. The molecule has 4 heterocycles. The number of fused-ring (bicyclic) bond motifs is 9. The smallest absolute Gasteiger partial charge is 0.122 e. The highest BCUT2D eigenvalue weighted by molar-refractivity contribution is 6.25. The Morgan fingerprint density at radius 3 is 1.83 bits per heavy atom. The predicted octanol–water partition coefficient (Wildman–Crippen LogP) is 6.19. The van der Waals surface area contributed by atoms with Crippen molar-refractivity contribution in [1.82, 2.24) is 4.98 Å². The molecule has 3 aromatic rings. The van der Waals surface area contributed by atoms with E-state index in [1.165, 1.54) is 27.5 Å². The first-order valence-corrected chi connectivity index (χ1v) is 12.6. The molecule has 0 aliphatic carbocycles. The lowest BCUT2D eigenvalue weighted by atomic mass is 10.0. The Hall–Kier alpha value is -4.18. The third-order valence-electron chi connectivity index (χ3n) is 7.47. The van der Waals surface area contributed by atoms with Gasteiger partial charge in [0.25, 0.3) is 0 Å². The van der Waals surface area contributed by atoms with E-state index >= 15 is 0 Å². The number of hydrogen-bond donors (Lipinski definition) is 2. The quantitative estimate of drug-likeness (QED) is 0.460. The van der Waals surface area contributed by atoms with Crippen LogP contribution in [0, 0.1) is 0 Å². The van der Waals surface area contributed by atoms with Gasteiger partial charge in [-0.05, 0) is 91.0 Å². The lowest BCUT2D eigenvalue weighted by Gasteiger charge is -2.05. The number of aromatic amines is 1. The molecule has 3 aliphatic rings. The van der Waals surface area contributed by atoms with Crippen LogP contribution in [0.2, 0.25) is 0 Å². The Balaban J connectivity index is 1.73. The SMILES string of the molecule is CCC1=C(C)C2=Cc3ccc(O)c(c3)C=C3N=C(C=c4[nH]c(c5ccccc45)=CC1=N2)C(CC)=C3C. The molecule has 0 radical (unpaired) electrons. The minimum Gasteiger partial charge on any atom is -0.507 e. The number of hydrogen-bond acceptors (Lipinski definition) is 3. The summed E-state index contributed by atoms with van der Waals surface area (Å²) < 4.78 is 0.